The number of phosphoric acid groups is 1. The van der Waals surface area contributed by atoms with Crippen molar-refractivity contribution in [2.75, 3.05) is 33.0 Å². The second kappa shape index (κ2) is 35.5. The van der Waals surface area contributed by atoms with Crippen LogP contribution in [0.1, 0.15) is 181 Å². The number of phosphoric ester groups is 1. The number of carbonyl (C=O) groups excluding carboxylic acids is 1. The van der Waals surface area contributed by atoms with Crippen LogP contribution in [-0.4, -0.2) is 49.9 Å². The number of hydrogen-bond donors (Lipinski definition) is 2. The molecule has 0 radical (unpaired) electrons. The molecule has 0 aromatic heterocycles. The van der Waals surface area contributed by atoms with E-state index in [0.717, 1.165) is 44.9 Å². The number of nitrogens with two attached hydrogens (primary N) is 1. The quantitative estimate of drug-likeness (QED) is 0.0289. The van der Waals surface area contributed by atoms with Crippen molar-refractivity contribution in [1.82, 2.24) is 0 Å². The van der Waals surface area contributed by atoms with Gasteiger partial charge in [-0.2, -0.15) is 0 Å². The van der Waals surface area contributed by atoms with Crippen LogP contribution in [0, 0.1) is 0 Å². The summed E-state index contributed by atoms with van der Waals surface area (Å²) in [7, 11) is -4.27. The highest BCUT2D eigenvalue weighted by molar-refractivity contribution is 7.47. The number of allylic oxidation sites excluding steroid dienone is 2. The van der Waals surface area contributed by atoms with Gasteiger partial charge in [-0.25, -0.2) is 4.57 Å². The highest BCUT2D eigenvalue weighted by Crippen LogP contribution is 2.43. The maximum absolute atomic E-state index is 12.5. The van der Waals surface area contributed by atoms with Crippen LogP contribution in [0.4, 0.5) is 0 Å². The Labute approximate surface area is 283 Å². The zero-order chi connectivity index (χ0) is 33.8. The molecule has 0 saturated carbocycles. The predicted molar refractivity (Wildman–Crippen MR) is 192 cm³/mol. The first-order valence-electron chi connectivity index (χ1n) is 19.2. The SMILES string of the molecule is CCCCCC/C=C\CCCCCCCC(=O)O[C@H](COCCCCCCCCCCCCCCCC)COP(=O)(O)OCCN. The van der Waals surface area contributed by atoms with E-state index in [0.29, 0.717) is 13.0 Å². The van der Waals surface area contributed by atoms with Crippen molar-refractivity contribution in [2.45, 2.75) is 187 Å². The van der Waals surface area contributed by atoms with Gasteiger partial charge in [-0.15, -0.1) is 0 Å². The summed E-state index contributed by atoms with van der Waals surface area (Å²) in [6.45, 7) is 4.92. The van der Waals surface area contributed by atoms with Gasteiger partial charge in [-0.3, -0.25) is 13.8 Å². The minimum atomic E-state index is -4.27. The molecule has 0 aliphatic carbocycles. The maximum atomic E-state index is 12.5. The van der Waals surface area contributed by atoms with Gasteiger partial charge in [-0.05, 0) is 38.5 Å². The molecule has 0 rings (SSSR count). The van der Waals surface area contributed by atoms with Crippen molar-refractivity contribution in [3.05, 3.63) is 12.2 Å². The van der Waals surface area contributed by atoms with Gasteiger partial charge >= 0.3 is 13.8 Å². The molecule has 0 fully saturated rings. The van der Waals surface area contributed by atoms with E-state index in [1.165, 1.54) is 116 Å². The highest BCUT2D eigenvalue weighted by atomic mass is 31.2. The van der Waals surface area contributed by atoms with Crippen molar-refractivity contribution in [2.24, 2.45) is 5.73 Å². The zero-order valence-corrected chi connectivity index (χ0v) is 31.0. The van der Waals surface area contributed by atoms with Gasteiger partial charge in [0, 0.05) is 19.6 Å². The Hall–Kier alpha value is -0.760. The van der Waals surface area contributed by atoms with E-state index >= 15 is 0 Å². The van der Waals surface area contributed by atoms with E-state index < -0.39 is 13.9 Å². The molecule has 274 valence electrons. The van der Waals surface area contributed by atoms with Crippen LogP contribution in [0.2, 0.25) is 0 Å². The van der Waals surface area contributed by atoms with Crippen molar-refractivity contribution >= 4 is 13.8 Å². The molecule has 0 aromatic carbocycles. The Kier molecular flexibility index (Phi) is 35.0. The first kappa shape index (κ1) is 45.2. The van der Waals surface area contributed by atoms with Crippen LogP contribution in [0.5, 0.6) is 0 Å². The van der Waals surface area contributed by atoms with Crippen molar-refractivity contribution in [3.63, 3.8) is 0 Å². The Bertz CT molecular complexity index is 722. The van der Waals surface area contributed by atoms with Crippen LogP contribution >= 0.6 is 7.82 Å². The van der Waals surface area contributed by atoms with Crippen molar-refractivity contribution in [1.29, 1.82) is 0 Å². The number of rotatable bonds is 37. The lowest BCUT2D eigenvalue weighted by molar-refractivity contribution is -0.154. The average Bonchev–Trinajstić information content (AvgIpc) is 3.04. The van der Waals surface area contributed by atoms with Gasteiger partial charge in [0.2, 0.25) is 0 Å². The highest BCUT2D eigenvalue weighted by Gasteiger charge is 2.25. The third kappa shape index (κ3) is 34.6. The normalized spacial score (nSPS) is 13.7. The fourth-order valence-corrected chi connectivity index (χ4v) is 6.11. The molecule has 3 N–H and O–H groups in total. The van der Waals surface area contributed by atoms with Gasteiger partial charge in [-0.1, -0.05) is 148 Å². The summed E-state index contributed by atoms with van der Waals surface area (Å²) in [5.74, 6) is -0.338. The summed E-state index contributed by atoms with van der Waals surface area (Å²) in [4.78, 5) is 22.3. The van der Waals surface area contributed by atoms with Gasteiger partial charge in [0.25, 0.3) is 0 Å². The molecule has 0 aliphatic heterocycles. The molecule has 0 aliphatic rings. The zero-order valence-electron chi connectivity index (χ0n) is 30.1. The van der Waals surface area contributed by atoms with Crippen LogP contribution in [0.15, 0.2) is 12.2 Å². The second-order valence-corrected chi connectivity index (χ2v) is 14.2. The molecule has 46 heavy (non-hydrogen) atoms. The lowest BCUT2D eigenvalue weighted by atomic mass is 10.0. The van der Waals surface area contributed by atoms with Crippen molar-refractivity contribution < 1.29 is 32.8 Å². The third-order valence-electron chi connectivity index (χ3n) is 8.18. The number of ether oxygens (including phenoxy) is 2. The summed E-state index contributed by atoms with van der Waals surface area (Å²) in [5.41, 5.74) is 5.35. The van der Waals surface area contributed by atoms with Gasteiger partial charge in [0.15, 0.2) is 0 Å². The molecule has 2 atom stereocenters. The molecule has 1 unspecified atom stereocenters. The molecule has 9 heteroatoms. The largest absolute Gasteiger partial charge is 0.472 e. The number of esters is 1. The average molecular weight is 676 g/mol. The molecule has 8 nitrogen and oxygen atoms in total. The number of carbonyl (C=O) groups is 1. The summed E-state index contributed by atoms with van der Waals surface area (Å²) in [6.07, 6.45) is 35.0. The van der Waals surface area contributed by atoms with E-state index in [9.17, 15) is 14.3 Å². The fourth-order valence-electron chi connectivity index (χ4n) is 5.34. The molecule has 0 amide bonds. The van der Waals surface area contributed by atoms with Crippen LogP contribution < -0.4 is 5.73 Å². The Morgan fingerprint density at radius 1 is 0.630 bits per heavy atom. The molecular weight excluding hydrogens is 601 g/mol. The van der Waals surface area contributed by atoms with E-state index in [2.05, 4.69) is 26.0 Å². The molecule has 0 saturated heterocycles. The fraction of sp³-hybridized carbons (Fsp3) is 0.919. The lowest BCUT2D eigenvalue weighted by Gasteiger charge is -2.20. The van der Waals surface area contributed by atoms with Gasteiger partial charge in [0.1, 0.15) is 6.10 Å². The van der Waals surface area contributed by atoms with Crippen LogP contribution in [-0.2, 0) is 27.9 Å². The first-order valence-corrected chi connectivity index (χ1v) is 20.7. The van der Waals surface area contributed by atoms with E-state index in [1.54, 1.807) is 0 Å². The molecule has 0 spiro atoms. The summed E-state index contributed by atoms with van der Waals surface area (Å²) < 4.78 is 33.3. The Balaban J connectivity index is 4.08. The third-order valence-corrected chi connectivity index (χ3v) is 9.17. The molecule has 0 heterocycles. The van der Waals surface area contributed by atoms with Crippen molar-refractivity contribution in [3.8, 4) is 0 Å². The predicted octanol–water partition coefficient (Wildman–Crippen LogP) is 10.7. The van der Waals surface area contributed by atoms with Crippen LogP contribution in [0.3, 0.4) is 0 Å². The number of hydrogen-bond acceptors (Lipinski definition) is 7. The number of unbranched alkanes of at least 4 members (excludes halogenated alkanes) is 22. The Morgan fingerprint density at radius 2 is 1.09 bits per heavy atom. The van der Waals surface area contributed by atoms with E-state index in [4.69, 9.17) is 24.3 Å². The summed E-state index contributed by atoms with van der Waals surface area (Å²) in [5, 5.41) is 0. The van der Waals surface area contributed by atoms with E-state index in [-0.39, 0.29) is 32.3 Å². The topological polar surface area (TPSA) is 117 Å². The summed E-state index contributed by atoms with van der Waals surface area (Å²) in [6, 6.07) is 0. The smallest absolute Gasteiger partial charge is 0.457 e. The van der Waals surface area contributed by atoms with Crippen LogP contribution in [0.25, 0.3) is 0 Å². The molecule has 0 aromatic rings. The summed E-state index contributed by atoms with van der Waals surface area (Å²) >= 11 is 0. The molecular formula is C37H74NO7P. The van der Waals surface area contributed by atoms with Gasteiger partial charge in [0.05, 0.1) is 19.8 Å². The minimum Gasteiger partial charge on any atom is -0.457 e. The van der Waals surface area contributed by atoms with Gasteiger partial charge < -0.3 is 20.1 Å². The lowest BCUT2D eigenvalue weighted by Crippen LogP contribution is -2.28. The minimum absolute atomic E-state index is 0.0941. The second-order valence-electron chi connectivity index (χ2n) is 12.8. The maximum Gasteiger partial charge on any atom is 0.472 e. The monoisotopic (exact) mass is 676 g/mol. The van der Waals surface area contributed by atoms with E-state index in [1.807, 2.05) is 0 Å². The Morgan fingerprint density at radius 3 is 1.61 bits per heavy atom. The standard InChI is InChI=1S/C37H74NO7P/c1-3-5-7-9-11-13-15-17-19-21-23-25-27-29-32-42-34-36(35-44-46(40,41)43-33-31-38)45-37(39)30-28-26-24-22-20-18-16-14-12-10-8-6-4-2/h14,16,36H,3-13,15,17-35,38H2,1-2H3,(H,40,41)/b16-14-/t36-/m1/s1. The molecule has 0 bridgehead atoms. The first-order chi connectivity index (χ1) is 22.4.